The van der Waals surface area contributed by atoms with Gasteiger partial charge in [0.25, 0.3) is 5.91 Å². The van der Waals surface area contributed by atoms with Crippen LogP contribution in [0.3, 0.4) is 0 Å². The summed E-state index contributed by atoms with van der Waals surface area (Å²) in [6.45, 7) is 2.20. The van der Waals surface area contributed by atoms with E-state index in [2.05, 4.69) is 5.32 Å². The number of hydrogen-bond acceptors (Lipinski definition) is 6. The molecule has 0 radical (unpaired) electrons. The Kier molecular flexibility index (Phi) is 7.68. The van der Waals surface area contributed by atoms with Gasteiger partial charge in [0.15, 0.2) is 0 Å². The number of aryl methyl sites for hydroxylation is 1. The first-order valence-corrected chi connectivity index (χ1v) is 10.4. The third kappa shape index (κ3) is 6.91. The second-order valence-corrected chi connectivity index (χ2v) is 7.63. The van der Waals surface area contributed by atoms with Crippen LogP contribution in [0.25, 0.3) is 6.08 Å². The molecule has 7 heteroatoms. The number of benzene rings is 2. The van der Waals surface area contributed by atoms with Gasteiger partial charge in [-0.15, -0.1) is 11.8 Å². The summed E-state index contributed by atoms with van der Waals surface area (Å²) < 4.78 is 10.5. The van der Waals surface area contributed by atoms with Crippen LogP contribution in [0.2, 0.25) is 0 Å². The van der Waals surface area contributed by atoms with E-state index in [4.69, 9.17) is 9.15 Å². The molecule has 0 saturated heterocycles. The molecule has 0 saturated carbocycles. The van der Waals surface area contributed by atoms with E-state index in [1.165, 1.54) is 24.1 Å². The number of amides is 1. The van der Waals surface area contributed by atoms with Gasteiger partial charge in [-0.1, -0.05) is 29.8 Å². The van der Waals surface area contributed by atoms with Crippen LogP contribution >= 0.6 is 11.8 Å². The monoisotopic (exact) mass is 432 g/mol. The van der Waals surface area contributed by atoms with E-state index >= 15 is 0 Å². The minimum Gasteiger partial charge on any atom is -0.467 e. The number of esters is 1. The maximum absolute atomic E-state index is 12.2. The molecular weight excluding hydrogens is 412 g/mol. The number of nitriles is 1. The van der Waals surface area contributed by atoms with Crippen molar-refractivity contribution in [1.29, 1.82) is 5.26 Å². The van der Waals surface area contributed by atoms with Crippen molar-refractivity contribution in [2.24, 2.45) is 0 Å². The topological polar surface area (TPSA) is 92.3 Å². The number of ether oxygens (including phenoxy) is 1. The van der Waals surface area contributed by atoms with Gasteiger partial charge < -0.3 is 14.5 Å². The van der Waals surface area contributed by atoms with E-state index < -0.39 is 5.91 Å². The highest BCUT2D eigenvalue weighted by Gasteiger charge is 2.10. The van der Waals surface area contributed by atoms with E-state index in [9.17, 15) is 14.9 Å². The van der Waals surface area contributed by atoms with E-state index in [0.717, 1.165) is 10.5 Å². The van der Waals surface area contributed by atoms with Crippen LogP contribution < -0.4 is 10.1 Å². The largest absolute Gasteiger partial charge is 0.467 e. The van der Waals surface area contributed by atoms with Gasteiger partial charge in [0.2, 0.25) is 0 Å². The second-order valence-electron chi connectivity index (χ2n) is 6.58. The quantitative estimate of drug-likeness (QED) is 0.185. The molecule has 31 heavy (non-hydrogen) atoms. The molecular formula is C24H20N2O4S. The SMILES string of the molecule is Cc1ccc(SCC(=O)Oc2ccc(/C=C(\C#N)C(=O)NCc3ccco3)cc2)cc1. The van der Waals surface area contributed by atoms with Crippen molar-refractivity contribution in [1.82, 2.24) is 5.32 Å². The van der Waals surface area contributed by atoms with Crippen molar-refractivity contribution in [2.45, 2.75) is 18.4 Å². The van der Waals surface area contributed by atoms with E-state index in [1.807, 2.05) is 37.3 Å². The van der Waals surface area contributed by atoms with Crippen LogP contribution in [0.15, 0.2) is 81.8 Å². The van der Waals surface area contributed by atoms with Crippen LogP contribution in [0.1, 0.15) is 16.9 Å². The Labute approximate surface area is 184 Å². The van der Waals surface area contributed by atoms with Gasteiger partial charge in [-0.25, -0.2) is 0 Å². The standard InChI is InChI=1S/C24H20N2O4S/c1-17-4-10-22(11-5-17)31-16-23(27)30-20-8-6-18(7-9-20)13-19(14-25)24(28)26-15-21-3-2-12-29-21/h2-13H,15-16H2,1H3,(H,26,28)/b19-13+. The van der Waals surface area contributed by atoms with Gasteiger partial charge in [-0.2, -0.15) is 5.26 Å². The molecule has 0 unspecified atom stereocenters. The average Bonchev–Trinajstić information content (AvgIpc) is 3.30. The zero-order chi connectivity index (χ0) is 22.1. The Morgan fingerprint density at radius 2 is 1.87 bits per heavy atom. The Morgan fingerprint density at radius 3 is 2.52 bits per heavy atom. The van der Waals surface area contributed by atoms with Crippen molar-refractivity contribution in [2.75, 3.05) is 5.75 Å². The first kappa shape index (κ1) is 21.9. The fraction of sp³-hybridized carbons (Fsp3) is 0.125. The third-order valence-electron chi connectivity index (χ3n) is 4.17. The highest BCUT2D eigenvalue weighted by molar-refractivity contribution is 8.00. The molecule has 0 aliphatic rings. The first-order chi connectivity index (χ1) is 15.0. The number of carbonyl (C=O) groups excluding carboxylic acids is 2. The summed E-state index contributed by atoms with van der Waals surface area (Å²) in [6, 6.07) is 19.8. The van der Waals surface area contributed by atoms with Gasteiger partial charge in [-0.05, 0) is 55.0 Å². The van der Waals surface area contributed by atoms with Crippen LogP contribution in [-0.2, 0) is 16.1 Å². The lowest BCUT2D eigenvalue weighted by molar-refractivity contribution is -0.131. The highest BCUT2D eigenvalue weighted by Crippen LogP contribution is 2.20. The summed E-state index contributed by atoms with van der Waals surface area (Å²) in [5, 5.41) is 11.9. The third-order valence-corrected chi connectivity index (χ3v) is 5.15. The maximum atomic E-state index is 12.2. The fourth-order valence-corrected chi connectivity index (χ4v) is 3.23. The summed E-state index contributed by atoms with van der Waals surface area (Å²) in [4.78, 5) is 25.2. The fourth-order valence-electron chi connectivity index (χ4n) is 2.56. The molecule has 0 aliphatic carbocycles. The molecule has 3 rings (SSSR count). The van der Waals surface area contributed by atoms with E-state index in [1.54, 1.807) is 36.4 Å². The van der Waals surface area contributed by atoms with Gasteiger partial charge in [0.05, 0.1) is 18.6 Å². The lowest BCUT2D eigenvalue weighted by Gasteiger charge is -2.06. The molecule has 2 aromatic carbocycles. The molecule has 1 N–H and O–H groups in total. The second kappa shape index (κ2) is 10.9. The molecule has 0 spiro atoms. The summed E-state index contributed by atoms with van der Waals surface area (Å²) in [5.41, 5.74) is 1.76. The molecule has 0 atom stereocenters. The molecule has 1 amide bonds. The van der Waals surface area contributed by atoms with Crippen molar-refractivity contribution >= 4 is 29.7 Å². The predicted octanol–water partition coefficient (Wildman–Crippen LogP) is 4.51. The Morgan fingerprint density at radius 1 is 1.13 bits per heavy atom. The van der Waals surface area contributed by atoms with Gasteiger partial charge >= 0.3 is 5.97 Å². The van der Waals surface area contributed by atoms with Crippen molar-refractivity contribution < 1.29 is 18.7 Å². The highest BCUT2D eigenvalue weighted by atomic mass is 32.2. The normalized spacial score (nSPS) is 10.9. The molecule has 1 heterocycles. The summed E-state index contributed by atoms with van der Waals surface area (Å²) >= 11 is 1.41. The first-order valence-electron chi connectivity index (χ1n) is 9.46. The van der Waals surface area contributed by atoms with E-state index in [0.29, 0.717) is 17.1 Å². The van der Waals surface area contributed by atoms with Crippen molar-refractivity contribution in [3.8, 4) is 11.8 Å². The van der Waals surface area contributed by atoms with Crippen molar-refractivity contribution in [3.63, 3.8) is 0 Å². The zero-order valence-corrected chi connectivity index (χ0v) is 17.6. The Balaban J connectivity index is 1.53. The Hall–Kier alpha value is -3.76. The molecule has 156 valence electrons. The van der Waals surface area contributed by atoms with E-state index in [-0.39, 0.29) is 23.8 Å². The number of rotatable bonds is 8. The average molecular weight is 433 g/mol. The van der Waals surface area contributed by atoms with Crippen LogP contribution in [0, 0.1) is 18.3 Å². The summed E-state index contributed by atoms with van der Waals surface area (Å²) in [6.07, 6.45) is 2.98. The van der Waals surface area contributed by atoms with Gasteiger partial charge in [0.1, 0.15) is 23.2 Å². The molecule has 1 aromatic heterocycles. The minimum atomic E-state index is -0.498. The molecule has 0 fully saturated rings. The molecule has 3 aromatic rings. The molecule has 6 nitrogen and oxygen atoms in total. The maximum Gasteiger partial charge on any atom is 0.321 e. The summed E-state index contributed by atoms with van der Waals surface area (Å²) in [5.74, 6) is 0.329. The molecule has 0 aliphatic heterocycles. The number of carbonyl (C=O) groups is 2. The zero-order valence-electron chi connectivity index (χ0n) is 16.8. The lowest BCUT2D eigenvalue weighted by atomic mass is 10.1. The van der Waals surface area contributed by atoms with Crippen LogP contribution in [0.4, 0.5) is 0 Å². The van der Waals surface area contributed by atoms with Gasteiger partial charge in [0, 0.05) is 4.90 Å². The molecule has 0 bridgehead atoms. The number of hydrogen-bond donors (Lipinski definition) is 1. The van der Waals surface area contributed by atoms with Crippen molar-refractivity contribution in [3.05, 3.63) is 89.4 Å². The number of furan rings is 1. The minimum absolute atomic E-state index is 0.0363. The number of thioether (sulfide) groups is 1. The van der Waals surface area contributed by atoms with Crippen LogP contribution in [0.5, 0.6) is 5.75 Å². The smallest absolute Gasteiger partial charge is 0.321 e. The Bertz CT molecular complexity index is 1100. The number of nitrogens with zero attached hydrogens (tertiary/aromatic N) is 1. The van der Waals surface area contributed by atoms with Gasteiger partial charge in [-0.3, -0.25) is 9.59 Å². The number of nitrogens with one attached hydrogen (secondary N) is 1. The lowest BCUT2D eigenvalue weighted by Crippen LogP contribution is -2.23. The summed E-state index contributed by atoms with van der Waals surface area (Å²) in [7, 11) is 0. The van der Waals surface area contributed by atoms with Crippen LogP contribution in [-0.4, -0.2) is 17.6 Å². The predicted molar refractivity (Wildman–Crippen MR) is 118 cm³/mol.